The highest BCUT2D eigenvalue weighted by atomic mass is 32.2. The van der Waals surface area contributed by atoms with Crippen LogP contribution in [-0.2, 0) is 9.84 Å². The van der Waals surface area contributed by atoms with Gasteiger partial charge in [-0.25, -0.2) is 13.4 Å². The lowest BCUT2D eigenvalue weighted by Gasteiger charge is -2.35. The lowest BCUT2D eigenvalue weighted by molar-refractivity contribution is 0.583. The zero-order valence-electron chi connectivity index (χ0n) is 10.0. The molecule has 2 rings (SSSR count). The van der Waals surface area contributed by atoms with Crippen molar-refractivity contribution in [2.75, 3.05) is 40.7 Å². The van der Waals surface area contributed by atoms with Gasteiger partial charge in [-0.15, -0.1) is 0 Å². The minimum atomic E-state index is -3.15. The number of nitrogens with zero attached hydrogens (tertiary/aromatic N) is 2. The Labute approximate surface area is 111 Å². The number of pyridine rings is 1. The third kappa shape index (κ3) is 2.64. The third-order valence-corrected chi connectivity index (χ3v) is 5.46. The first-order valence-electron chi connectivity index (χ1n) is 5.45. The maximum Gasteiger partial charge on any atom is 0.169 e. The lowest BCUT2D eigenvalue weighted by atomic mass is 10.3. The number of hydrogen-bond donors (Lipinski definition) is 2. The van der Waals surface area contributed by atoms with Gasteiger partial charge in [-0.3, -0.25) is 0 Å². The van der Waals surface area contributed by atoms with Crippen molar-refractivity contribution >= 4 is 38.9 Å². The molecule has 1 aliphatic rings. The number of nitrogen functional groups attached to an aromatic ring is 2. The molecule has 0 saturated carbocycles. The summed E-state index contributed by atoms with van der Waals surface area (Å²) >= 11 is 1.63. The van der Waals surface area contributed by atoms with Crippen molar-refractivity contribution < 1.29 is 8.42 Å². The van der Waals surface area contributed by atoms with Crippen molar-refractivity contribution in [1.82, 2.24) is 4.98 Å². The van der Waals surface area contributed by atoms with Crippen molar-refractivity contribution in [2.24, 2.45) is 0 Å². The summed E-state index contributed by atoms with van der Waals surface area (Å²) in [4.78, 5) is 5.94. The Hall–Kier alpha value is -1.15. The van der Waals surface area contributed by atoms with Gasteiger partial charge < -0.3 is 16.4 Å². The number of sulfone groups is 1. The highest BCUT2D eigenvalue weighted by molar-refractivity contribution is 8.01. The first kappa shape index (κ1) is 13.3. The predicted molar refractivity (Wildman–Crippen MR) is 76.4 cm³/mol. The Morgan fingerprint density at radius 3 is 2.78 bits per heavy atom. The highest BCUT2D eigenvalue weighted by Gasteiger charge is 2.31. The maximum atomic E-state index is 11.8. The zero-order valence-corrected chi connectivity index (χ0v) is 11.7. The summed E-state index contributed by atoms with van der Waals surface area (Å²) in [5.74, 6) is 2.22. The van der Waals surface area contributed by atoms with Crippen molar-refractivity contribution in [3.8, 4) is 0 Å². The number of rotatable bonds is 2. The van der Waals surface area contributed by atoms with Crippen molar-refractivity contribution in [3.05, 3.63) is 12.1 Å². The van der Waals surface area contributed by atoms with E-state index in [1.807, 2.05) is 0 Å². The van der Waals surface area contributed by atoms with Crippen LogP contribution in [0.2, 0.25) is 0 Å². The number of nitrogens with two attached hydrogens (primary N) is 2. The molecule has 1 unspecified atom stereocenters. The minimum Gasteiger partial charge on any atom is -0.396 e. The molecule has 4 N–H and O–H groups in total. The second kappa shape index (κ2) is 4.85. The second-order valence-electron chi connectivity index (χ2n) is 4.20. The maximum absolute atomic E-state index is 11.8. The fourth-order valence-corrected chi connectivity index (χ4v) is 4.66. The molecule has 1 atom stereocenters. The molecular weight excluding hydrogens is 272 g/mol. The average Bonchev–Trinajstić information content (AvgIpc) is 2.32. The molecule has 0 aromatic carbocycles. The number of anilines is 3. The van der Waals surface area contributed by atoms with E-state index in [9.17, 15) is 8.42 Å². The Balaban J connectivity index is 2.37. The fourth-order valence-electron chi connectivity index (χ4n) is 1.83. The van der Waals surface area contributed by atoms with Crippen LogP contribution in [0.3, 0.4) is 0 Å². The number of aromatic nitrogens is 1. The third-order valence-electron chi connectivity index (χ3n) is 2.82. The second-order valence-corrected chi connectivity index (χ2v) is 7.55. The monoisotopic (exact) mass is 288 g/mol. The molecule has 100 valence electrons. The van der Waals surface area contributed by atoms with Gasteiger partial charge in [0, 0.05) is 24.3 Å². The van der Waals surface area contributed by atoms with Crippen LogP contribution >= 0.6 is 11.8 Å². The number of hydrogen-bond acceptors (Lipinski definition) is 7. The quantitative estimate of drug-likeness (QED) is 0.799. The minimum absolute atomic E-state index is 0.234. The predicted octanol–water partition coefficient (Wildman–Crippen LogP) is 0.170. The summed E-state index contributed by atoms with van der Waals surface area (Å²) in [5.41, 5.74) is 11.7. The summed E-state index contributed by atoms with van der Waals surface area (Å²) in [6.07, 6.45) is 1.25. The lowest BCUT2D eigenvalue weighted by Crippen LogP contribution is -2.47. The van der Waals surface area contributed by atoms with Gasteiger partial charge in [0.05, 0.1) is 5.69 Å². The Morgan fingerprint density at radius 2 is 2.17 bits per heavy atom. The van der Waals surface area contributed by atoms with Crippen LogP contribution in [0.4, 0.5) is 17.3 Å². The molecule has 0 bridgehead atoms. The van der Waals surface area contributed by atoms with E-state index in [1.54, 1.807) is 28.8 Å². The van der Waals surface area contributed by atoms with E-state index >= 15 is 0 Å². The van der Waals surface area contributed by atoms with E-state index in [4.69, 9.17) is 11.5 Å². The van der Waals surface area contributed by atoms with E-state index in [1.165, 1.54) is 6.26 Å². The molecule has 1 aromatic heterocycles. The van der Waals surface area contributed by atoms with Crippen LogP contribution in [0.15, 0.2) is 12.1 Å². The Morgan fingerprint density at radius 1 is 1.44 bits per heavy atom. The van der Waals surface area contributed by atoms with Crippen molar-refractivity contribution in [1.29, 1.82) is 0 Å². The highest BCUT2D eigenvalue weighted by Crippen LogP contribution is 2.27. The van der Waals surface area contributed by atoms with Gasteiger partial charge >= 0.3 is 0 Å². The molecule has 1 aromatic rings. The van der Waals surface area contributed by atoms with Gasteiger partial charge in [-0.2, -0.15) is 11.8 Å². The normalized spacial score (nSPS) is 20.9. The largest absolute Gasteiger partial charge is 0.396 e. The molecule has 0 aliphatic carbocycles. The van der Waals surface area contributed by atoms with Crippen LogP contribution in [0, 0.1) is 0 Å². The topological polar surface area (TPSA) is 102 Å². The van der Waals surface area contributed by atoms with Crippen LogP contribution < -0.4 is 16.4 Å². The summed E-state index contributed by atoms with van der Waals surface area (Å²) in [7, 11) is -3.15. The van der Waals surface area contributed by atoms with E-state index in [0.717, 1.165) is 5.75 Å². The van der Waals surface area contributed by atoms with Gasteiger partial charge in [0.2, 0.25) is 0 Å². The smallest absolute Gasteiger partial charge is 0.169 e. The molecule has 1 aliphatic heterocycles. The Bertz CT molecular complexity index is 547. The summed E-state index contributed by atoms with van der Waals surface area (Å²) in [6.45, 7) is 0.638. The van der Waals surface area contributed by atoms with E-state index in [0.29, 0.717) is 23.8 Å². The van der Waals surface area contributed by atoms with E-state index in [2.05, 4.69) is 4.98 Å². The molecule has 2 heterocycles. The van der Waals surface area contributed by atoms with Gasteiger partial charge in [0.15, 0.2) is 9.84 Å². The summed E-state index contributed by atoms with van der Waals surface area (Å²) < 4.78 is 23.6. The molecule has 6 nitrogen and oxygen atoms in total. The SMILES string of the molecule is CS(=O)(=O)C1CSCCN1c1ccc(N)c(N)n1. The Kier molecular flexibility index (Phi) is 3.58. The van der Waals surface area contributed by atoms with Gasteiger partial charge in [-0.05, 0) is 12.1 Å². The zero-order chi connectivity index (χ0) is 13.3. The molecule has 1 saturated heterocycles. The molecule has 0 radical (unpaired) electrons. The molecule has 18 heavy (non-hydrogen) atoms. The van der Waals surface area contributed by atoms with Gasteiger partial charge in [0.1, 0.15) is 17.0 Å². The number of thioether (sulfide) groups is 1. The van der Waals surface area contributed by atoms with Crippen molar-refractivity contribution in [3.63, 3.8) is 0 Å². The molecule has 0 spiro atoms. The molecule has 8 heteroatoms. The summed E-state index contributed by atoms with van der Waals surface area (Å²) in [6, 6.07) is 3.36. The van der Waals surface area contributed by atoms with Gasteiger partial charge in [-0.1, -0.05) is 0 Å². The average molecular weight is 288 g/mol. The first-order chi connectivity index (χ1) is 8.39. The van der Waals surface area contributed by atoms with Crippen molar-refractivity contribution in [2.45, 2.75) is 5.37 Å². The van der Waals surface area contributed by atoms with E-state index in [-0.39, 0.29) is 5.82 Å². The van der Waals surface area contributed by atoms with Crippen LogP contribution in [0.25, 0.3) is 0 Å². The van der Waals surface area contributed by atoms with Gasteiger partial charge in [0.25, 0.3) is 0 Å². The molecular formula is C10H16N4O2S2. The molecule has 1 fully saturated rings. The van der Waals surface area contributed by atoms with Crippen LogP contribution in [-0.4, -0.2) is 43.1 Å². The molecule has 0 amide bonds. The fraction of sp³-hybridized carbons (Fsp3) is 0.500. The van der Waals surface area contributed by atoms with E-state index < -0.39 is 15.2 Å². The standard InChI is InChI=1S/C10H16N4O2S2/c1-18(15,16)9-6-17-5-4-14(9)8-3-2-7(11)10(12)13-8/h2-3,9H,4-6,11H2,1H3,(H2,12,13). The first-order valence-corrected chi connectivity index (χ1v) is 8.56. The van der Waals surface area contributed by atoms with Crippen LogP contribution in [0.5, 0.6) is 0 Å². The summed E-state index contributed by atoms with van der Waals surface area (Å²) in [5, 5.41) is -0.549. The van der Waals surface area contributed by atoms with Crippen LogP contribution in [0.1, 0.15) is 0 Å².